The van der Waals surface area contributed by atoms with Gasteiger partial charge < -0.3 is 9.80 Å². The van der Waals surface area contributed by atoms with Crippen LogP contribution in [0.25, 0.3) is 0 Å². The zero-order chi connectivity index (χ0) is 12.9. The van der Waals surface area contributed by atoms with E-state index in [0.717, 1.165) is 25.8 Å². The Bertz CT molecular complexity index is 354. The van der Waals surface area contributed by atoms with Crippen molar-refractivity contribution in [2.24, 2.45) is 0 Å². The van der Waals surface area contributed by atoms with E-state index in [1.54, 1.807) is 11.1 Å². The molecule has 0 radical (unpaired) electrons. The molecule has 1 heterocycles. The van der Waals surface area contributed by atoms with Crippen LogP contribution >= 0.6 is 0 Å². The van der Waals surface area contributed by atoms with Crippen LogP contribution in [0.5, 0.6) is 0 Å². The number of rotatable bonds is 7. The Hall–Kier alpha value is -0.750. The molecule has 5 nitrogen and oxygen atoms in total. The van der Waals surface area contributed by atoms with Gasteiger partial charge in [-0.1, -0.05) is 26.7 Å². The predicted octanol–water partition coefficient (Wildman–Crippen LogP) is 1.85. The van der Waals surface area contributed by atoms with Crippen molar-refractivity contribution in [1.82, 2.24) is 9.80 Å². The summed E-state index contributed by atoms with van der Waals surface area (Å²) in [6, 6.07) is 0. The van der Waals surface area contributed by atoms with Crippen molar-refractivity contribution in [2.45, 2.75) is 44.9 Å². The second-order valence-electron chi connectivity index (χ2n) is 4.38. The molecule has 0 bridgehead atoms. The molecule has 0 aromatic carbocycles. The molecule has 1 aliphatic heterocycles. The topological polar surface area (TPSA) is 60.9 Å². The highest BCUT2D eigenvalue weighted by Crippen LogP contribution is 2.18. The van der Waals surface area contributed by atoms with E-state index in [-0.39, 0.29) is 0 Å². The van der Waals surface area contributed by atoms with Crippen LogP contribution in [0.2, 0.25) is 0 Å². The predicted molar refractivity (Wildman–Crippen MR) is 67.7 cm³/mol. The van der Waals surface area contributed by atoms with E-state index in [0.29, 0.717) is 13.1 Å². The molecule has 0 amide bonds. The third kappa shape index (κ3) is 4.20. The summed E-state index contributed by atoms with van der Waals surface area (Å²) in [6.07, 6.45) is 7.02. The van der Waals surface area contributed by atoms with E-state index in [1.807, 2.05) is 13.1 Å². The summed E-state index contributed by atoms with van der Waals surface area (Å²) in [5.74, 6) is 0. The highest BCUT2D eigenvalue weighted by atomic mass is 32.2. The molecule has 0 saturated carbocycles. The lowest BCUT2D eigenvalue weighted by atomic mass is 10.3. The maximum Gasteiger partial charge on any atom is 0.286 e. The Kier molecular flexibility index (Phi) is 5.27. The fourth-order valence-corrected chi connectivity index (χ4v) is 2.92. The quantitative estimate of drug-likeness (QED) is 0.709. The van der Waals surface area contributed by atoms with Crippen molar-refractivity contribution in [3.05, 3.63) is 12.4 Å². The van der Waals surface area contributed by atoms with Gasteiger partial charge >= 0.3 is 0 Å². The fraction of sp³-hybridized carbons (Fsp3) is 0.818. The second-order valence-corrected chi connectivity index (χ2v) is 5.95. The van der Waals surface area contributed by atoms with Crippen molar-refractivity contribution in [1.29, 1.82) is 0 Å². The molecule has 0 aliphatic carbocycles. The average molecular weight is 262 g/mol. The van der Waals surface area contributed by atoms with Gasteiger partial charge in [-0.25, -0.2) is 0 Å². The maximum atomic E-state index is 11.3. The first-order chi connectivity index (χ1) is 7.99. The summed E-state index contributed by atoms with van der Waals surface area (Å²) >= 11 is 0. The van der Waals surface area contributed by atoms with Crippen molar-refractivity contribution in [3.63, 3.8) is 0 Å². The minimum absolute atomic E-state index is 0.449. The lowest BCUT2D eigenvalue weighted by Gasteiger charge is -2.27. The SMILES string of the molecule is CCCCN1C=CN(C(CCC)S(=O)(=O)O)C1. The summed E-state index contributed by atoms with van der Waals surface area (Å²) in [6.45, 7) is 5.50. The Labute approximate surface area is 104 Å². The first-order valence-electron chi connectivity index (χ1n) is 6.13. The lowest BCUT2D eigenvalue weighted by molar-refractivity contribution is 0.232. The Morgan fingerprint density at radius 1 is 1.29 bits per heavy atom. The molecule has 1 rings (SSSR count). The zero-order valence-electron chi connectivity index (χ0n) is 10.5. The van der Waals surface area contributed by atoms with Crippen molar-refractivity contribution in [3.8, 4) is 0 Å². The summed E-state index contributed by atoms with van der Waals surface area (Å²) in [7, 11) is -4.01. The highest BCUT2D eigenvalue weighted by molar-refractivity contribution is 7.86. The second kappa shape index (κ2) is 6.26. The fourth-order valence-electron chi connectivity index (χ4n) is 1.91. The minimum atomic E-state index is -4.01. The van der Waals surface area contributed by atoms with Gasteiger partial charge in [0, 0.05) is 18.9 Å². The molecule has 0 fully saturated rings. The lowest BCUT2D eigenvalue weighted by Crippen LogP contribution is -2.39. The maximum absolute atomic E-state index is 11.3. The van der Waals surface area contributed by atoms with Gasteiger partial charge in [0.15, 0.2) is 5.37 Å². The number of unbranched alkanes of at least 4 members (excludes halogenated alkanes) is 1. The van der Waals surface area contributed by atoms with E-state index < -0.39 is 15.5 Å². The van der Waals surface area contributed by atoms with Gasteiger partial charge in [0.05, 0.1) is 6.67 Å². The summed E-state index contributed by atoms with van der Waals surface area (Å²) < 4.78 is 31.8. The standard InChI is InChI=1S/C11H22N2O3S/c1-3-5-7-12-8-9-13(10-12)11(6-4-2)17(14,15)16/h8-9,11H,3-7,10H2,1-2H3,(H,14,15,16). The summed E-state index contributed by atoms with van der Waals surface area (Å²) in [4.78, 5) is 3.76. The first-order valence-corrected chi connectivity index (χ1v) is 7.63. The third-order valence-corrected chi connectivity index (χ3v) is 4.06. The van der Waals surface area contributed by atoms with Gasteiger partial charge in [-0.05, 0) is 12.8 Å². The molecule has 1 aliphatic rings. The first kappa shape index (κ1) is 14.3. The molecule has 6 heteroatoms. The van der Waals surface area contributed by atoms with E-state index in [9.17, 15) is 13.0 Å². The molecular formula is C11H22N2O3S. The Balaban J connectivity index is 2.59. The highest BCUT2D eigenvalue weighted by Gasteiger charge is 2.29. The van der Waals surface area contributed by atoms with Gasteiger partial charge in [0.2, 0.25) is 0 Å². The molecule has 1 unspecified atom stereocenters. The van der Waals surface area contributed by atoms with Crippen LogP contribution in [0.15, 0.2) is 12.4 Å². The number of nitrogens with zero attached hydrogens (tertiary/aromatic N) is 2. The molecule has 0 saturated heterocycles. The monoisotopic (exact) mass is 262 g/mol. The summed E-state index contributed by atoms with van der Waals surface area (Å²) in [5.41, 5.74) is 0. The van der Waals surface area contributed by atoms with Gasteiger partial charge in [0.25, 0.3) is 10.1 Å². The van der Waals surface area contributed by atoms with Crippen LogP contribution in [0.3, 0.4) is 0 Å². The van der Waals surface area contributed by atoms with Crippen LogP contribution in [0, 0.1) is 0 Å². The largest absolute Gasteiger partial charge is 0.359 e. The van der Waals surface area contributed by atoms with Crippen LogP contribution in [-0.2, 0) is 10.1 Å². The van der Waals surface area contributed by atoms with Crippen LogP contribution in [-0.4, -0.2) is 41.4 Å². The normalized spacial score (nSPS) is 17.8. The Morgan fingerprint density at radius 3 is 2.53 bits per heavy atom. The van der Waals surface area contributed by atoms with Gasteiger partial charge in [-0.15, -0.1) is 0 Å². The zero-order valence-corrected chi connectivity index (χ0v) is 11.4. The minimum Gasteiger partial charge on any atom is -0.359 e. The molecule has 17 heavy (non-hydrogen) atoms. The molecule has 1 atom stereocenters. The molecule has 100 valence electrons. The van der Waals surface area contributed by atoms with Gasteiger partial charge in [-0.3, -0.25) is 4.55 Å². The van der Waals surface area contributed by atoms with E-state index in [4.69, 9.17) is 0 Å². The van der Waals surface area contributed by atoms with Crippen LogP contribution in [0.1, 0.15) is 39.5 Å². The average Bonchev–Trinajstić information content (AvgIpc) is 2.69. The van der Waals surface area contributed by atoms with E-state index in [1.165, 1.54) is 0 Å². The van der Waals surface area contributed by atoms with Crippen molar-refractivity contribution >= 4 is 10.1 Å². The van der Waals surface area contributed by atoms with Crippen molar-refractivity contribution < 1.29 is 13.0 Å². The number of hydrogen-bond acceptors (Lipinski definition) is 4. The molecule has 0 aromatic rings. The van der Waals surface area contributed by atoms with Crippen LogP contribution in [0.4, 0.5) is 0 Å². The van der Waals surface area contributed by atoms with E-state index in [2.05, 4.69) is 11.8 Å². The van der Waals surface area contributed by atoms with Gasteiger partial charge in [-0.2, -0.15) is 8.42 Å². The smallest absolute Gasteiger partial charge is 0.286 e. The third-order valence-electron chi connectivity index (χ3n) is 2.86. The molecule has 1 N–H and O–H groups in total. The molecule has 0 aromatic heterocycles. The van der Waals surface area contributed by atoms with Gasteiger partial charge in [0.1, 0.15) is 0 Å². The van der Waals surface area contributed by atoms with Crippen LogP contribution < -0.4 is 0 Å². The van der Waals surface area contributed by atoms with E-state index >= 15 is 0 Å². The summed E-state index contributed by atoms with van der Waals surface area (Å²) in [5, 5.41) is -0.810. The molecule has 0 spiro atoms. The molecular weight excluding hydrogens is 240 g/mol. The number of hydrogen-bond donors (Lipinski definition) is 1. The van der Waals surface area contributed by atoms with Crippen molar-refractivity contribution in [2.75, 3.05) is 13.2 Å². The Morgan fingerprint density at radius 2 is 2.00 bits per heavy atom.